The summed E-state index contributed by atoms with van der Waals surface area (Å²) in [5, 5.41) is 5.94. The number of nitrogens with one attached hydrogen (secondary N) is 2. The minimum Gasteiger partial charge on any atom is -0.357 e. The number of likely N-dealkylation sites (N-methyl/N-ethyl adjacent to an activating group) is 1. The number of carbonyl (C=O) groups is 1. The number of carbonyl (C=O) groups excluding carboxylic acids is 1. The van der Waals surface area contributed by atoms with Gasteiger partial charge in [0.1, 0.15) is 13.1 Å². The third-order valence-electron chi connectivity index (χ3n) is 2.24. The molecule has 0 radical (unpaired) electrons. The predicted molar refractivity (Wildman–Crippen MR) is 72.5 cm³/mol. The zero-order valence-electron chi connectivity index (χ0n) is 12.3. The number of alkyl halides is 3. The molecule has 0 spiro atoms. The Labute approximate surface area is 117 Å². The predicted octanol–water partition coefficient (Wildman–Crippen LogP) is 1.22. The molecule has 0 aromatic heterocycles. The number of hydrogen-bond acceptors (Lipinski definition) is 2. The van der Waals surface area contributed by atoms with Crippen molar-refractivity contribution in [2.75, 3.05) is 33.2 Å². The first-order valence-corrected chi connectivity index (χ1v) is 6.48. The van der Waals surface area contributed by atoms with E-state index < -0.39 is 18.6 Å². The minimum atomic E-state index is -4.39. The first kappa shape index (κ1) is 18.5. The number of rotatable bonds is 6. The number of hydrogen-bond donors (Lipinski definition) is 2. The van der Waals surface area contributed by atoms with Crippen LogP contribution in [0.15, 0.2) is 4.99 Å². The fourth-order valence-electron chi connectivity index (χ4n) is 1.27. The van der Waals surface area contributed by atoms with Gasteiger partial charge in [-0.15, -0.1) is 0 Å². The maximum absolute atomic E-state index is 12.1. The van der Waals surface area contributed by atoms with E-state index in [2.05, 4.69) is 15.6 Å². The van der Waals surface area contributed by atoms with Crippen molar-refractivity contribution in [3.8, 4) is 0 Å². The Morgan fingerprint density at radius 2 is 1.90 bits per heavy atom. The van der Waals surface area contributed by atoms with Gasteiger partial charge in [-0.25, -0.2) is 4.99 Å². The number of nitrogens with zero attached hydrogens (tertiary/aromatic N) is 2. The molecule has 0 unspecified atom stereocenters. The molecule has 0 aliphatic carbocycles. The molecule has 0 atom stereocenters. The second kappa shape index (κ2) is 8.65. The molecule has 118 valence electrons. The normalized spacial score (nSPS) is 12.5. The highest BCUT2D eigenvalue weighted by Gasteiger charge is 2.30. The Morgan fingerprint density at radius 1 is 1.30 bits per heavy atom. The van der Waals surface area contributed by atoms with Crippen LogP contribution in [-0.2, 0) is 4.79 Å². The monoisotopic (exact) mass is 296 g/mol. The van der Waals surface area contributed by atoms with Crippen molar-refractivity contribution in [1.82, 2.24) is 15.5 Å². The van der Waals surface area contributed by atoms with E-state index in [1.54, 1.807) is 0 Å². The maximum Gasteiger partial charge on any atom is 0.406 e. The van der Waals surface area contributed by atoms with Gasteiger partial charge in [0, 0.05) is 20.1 Å². The highest BCUT2D eigenvalue weighted by molar-refractivity contribution is 5.84. The van der Waals surface area contributed by atoms with E-state index in [1.165, 1.54) is 0 Å². The second-order valence-corrected chi connectivity index (χ2v) is 4.83. The summed E-state index contributed by atoms with van der Waals surface area (Å²) in [6.45, 7) is 5.58. The minimum absolute atomic E-state index is 0.319. The molecule has 5 nitrogen and oxygen atoms in total. The Morgan fingerprint density at radius 3 is 2.35 bits per heavy atom. The summed E-state index contributed by atoms with van der Waals surface area (Å²) in [5.74, 6) is 0.140. The molecule has 2 N–H and O–H groups in total. The molecular formula is C12H23F3N4O. The van der Waals surface area contributed by atoms with Crippen LogP contribution in [0.25, 0.3) is 0 Å². The lowest BCUT2D eigenvalue weighted by atomic mass is 10.2. The van der Waals surface area contributed by atoms with Gasteiger partial charge in [0.2, 0.25) is 5.91 Å². The van der Waals surface area contributed by atoms with Crippen molar-refractivity contribution in [2.24, 2.45) is 10.9 Å². The van der Waals surface area contributed by atoms with Gasteiger partial charge < -0.3 is 15.5 Å². The number of halogens is 3. The van der Waals surface area contributed by atoms with Crippen LogP contribution < -0.4 is 10.6 Å². The molecule has 20 heavy (non-hydrogen) atoms. The standard InChI is InChI=1S/C12H23F3N4O/c1-5-16-11(17-6-9(2)3)18-7-10(20)19(4)8-12(13,14)15/h9H,5-8H2,1-4H3,(H2,16,17,18). The molecule has 0 aromatic rings. The molecule has 0 saturated heterocycles. The Hall–Kier alpha value is -1.47. The van der Waals surface area contributed by atoms with E-state index in [1.807, 2.05) is 20.8 Å². The third kappa shape index (κ3) is 9.46. The van der Waals surface area contributed by atoms with Gasteiger partial charge in [-0.3, -0.25) is 4.79 Å². The van der Waals surface area contributed by atoms with Crippen molar-refractivity contribution in [3.63, 3.8) is 0 Å². The van der Waals surface area contributed by atoms with Gasteiger partial charge in [0.05, 0.1) is 0 Å². The number of aliphatic imine (C=N–C) groups is 1. The first-order chi connectivity index (χ1) is 9.15. The lowest BCUT2D eigenvalue weighted by Gasteiger charge is -2.18. The van der Waals surface area contributed by atoms with Gasteiger partial charge in [0.25, 0.3) is 0 Å². The number of amides is 1. The molecule has 0 heterocycles. The van der Waals surface area contributed by atoms with E-state index in [0.29, 0.717) is 29.9 Å². The summed E-state index contributed by atoms with van der Waals surface area (Å²) in [6.07, 6.45) is -4.39. The average molecular weight is 296 g/mol. The van der Waals surface area contributed by atoms with Gasteiger partial charge in [-0.2, -0.15) is 13.2 Å². The van der Waals surface area contributed by atoms with Crippen LogP contribution in [0.3, 0.4) is 0 Å². The van der Waals surface area contributed by atoms with Crippen LogP contribution in [0, 0.1) is 5.92 Å². The van der Waals surface area contributed by atoms with E-state index in [4.69, 9.17) is 0 Å². The van der Waals surface area contributed by atoms with E-state index >= 15 is 0 Å². The van der Waals surface area contributed by atoms with Gasteiger partial charge in [-0.1, -0.05) is 13.8 Å². The fourth-order valence-corrected chi connectivity index (χ4v) is 1.27. The summed E-state index contributed by atoms with van der Waals surface area (Å²) in [6, 6.07) is 0. The molecule has 0 aliphatic rings. The summed E-state index contributed by atoms with van der Waals surface area (Å²) < 4.78 is 36.4. The zero-order chi connectivity index (χ0) is 15.8. The topological polar surface area (TPSA) is 56.7 Å². The molecule has 0 aromatic carbocycles. The Balaban J connectivity index is 4.41. The highest BCUT2D eigenvalue weighted by Crippen LogP contribution is 2.15. The van der Waals surface area contributed by atoms with E-state index in [0.717, 1.165) is 7.05 Å². The molecular weight excluding hydrogens is 273 g/mol. The van der Waals surface area contributed by atoms with Crippen molar-refractivity contribution >= 4 is 11.9 Å². The molecule has 8 heteroatoms. The maximum atomic E-state index is 12.1. The van der Waals surface area contributed by atoms with Crippen LogP contribution in [0.1, 0.15) is 20.8 Å². The molecule has 0 fully saturated rings. The van der Waals surface area contributed by atoms with Gasteiger partial charge in [0.15, 0.2) is 5.96 Å². The average Bonchev–Trinajstić information content (AvgIpc) is 2.29. The first-order valence-electron chi connectivity index (χ1n) is 6.48. The molecule has 0 saturated carbocycles. The number of guanidine groups is 1. The van der Waals surface area contributed by atoms with Crippen molar-refractivity contribution in [3.05, 3.63) is 0 Å². The van der Waals surface area contributed by atoms with Crippen LogP contribution in [0.2, 0.25) is 0 Å². The largest absolute Gasteiger partial charge is 0.406 e. The molecule has 0 bridgehead atoms. The quantitative estimate of drug-likeness (QED) is 0.572. The van der Waals surface area contributed by atoms with Crippen molar-refractivity contribution < 1.29 is 18.0 Å². The summed E-state index contributed by atoms with van der Waals surface area (Å²) in [5.41, 5.74) is 0. The second-order valence-electron chi connectivity index (χ2n) is 4.83. The van der Waals surface area contributed by atoms with Crippen LogP contribution >= 0.6 is 0 Å². The lowest BCUT2D eigenvalue weighted by molar-refractivity contribution is -0.157. The van der Waals surface area contributed by atoms with Crippen LogP contribution in [0.4, 0.5) is 13.2 Å². The SMILES string of the molecule is CCNC(=NCC(=O)N(C)CC(F)(F)F)NCC(C)C. The lowest BCUT2D eigenvalue weighted by Crippen LogP contribution is -2.41. The molecule has 0 aliphatic heterocycles. The highest BCUT2D eigenvalue weighted by atomic mass is 19.4. The third-order valence-corrected chi connectivity index (χ3v) is 2.24. The molecule has 0 rings (SSSR count). The van der Waals surface area contributed by atoms with E-state index in [9.17, 15) is 18.0 Å². The van der Waals surface area contributed by atoms with Gasteiger partial charge >= 0.3 is 6.18 Å². The summed E-state index contributed by atoms with van der Waals surface area (Å²) in [4.78, 5) is 16.1. The van der Waals surface area contributed by atoms with Crippen LogP contribution in [-0.4, -0.2) is 56.2 Å². The Bertz CT molecular complexity index is 329. The Kier molecular flexibility index (Phi) is 8.02. The van der Waals surface area contributed by atoms with Crippen molar-refractivity contribution in [1.29, 1.82) is 0 Å². The summed E-state index contributed by atoms with van der Waals surface area (Å²) in [7, 11) is 1.11. The van der Waals surface area contributed by atoms with Gasteiger partial charge in [-0.05, 0) is 12.8 Å². The van der Waals surface area contributed by atoms with Crippen molar-refractivity contribution in [2.45, 2.75) is 26.9 Å². The smallest absolute Gasteiger partial charge is 0.357 e. The molecule has 1 amide bonds. The van der Waals surface area contributed by atoms with E-state index in [-0.39, 0.29) is 6.54 Å². The zero-order valence-corrected chi connectivity index (χ0v) is 12.3. The fraction of sp³-hybridized carbons (Fsp3) is 0.833. The van der Waals surface area contributed by atoms with Crippen LogP contribution in [0.5, 0.6) is 0 Å². The summed E-state index contributed by atoms with van der Waals surface area (Å²) >= 11 is 0.